The quantitative estimate of drug-likeness (QED) is 0.507. The Hall–Kier alpha value is -3.74. The number of nitrogens with one attached hydrogen (secondary N) is 1. The Morgan fingerprint density at radius 3 is 2.58 bits per heavy atom. The lowest BCUT2D eigenvalue weighted by Crippen LogP contribution is -2.41. The number of benzene rings is 2. The van der Waals surface area contributed by atoms with Gasteiger partial charge in [-0.1, -0.05) is 17.7 Å². The van der Waals surface area contributed by atoms with Gasteiger partial charge in [-0.25, -0.2) is 18.6 Å². The number of carbonyl (C=O) groups is 1. The summed E-state index contributed by atoms with van der Waals surface area (Å²) in [6.45, 7) is 3.22. The molecule has 10 heteroatoms. The van der Waals surface area contributed by atoms with Crippen LogP contribution in [-0.4, -0.2) is 43.7 Å². The lowest BCUT2D eigenvalue weighted by molar-refractivity contribution is 0.253. The van der Waals surface area contributed by atoms with Crippen molar-refractivity contribution in [1.29, 1.82) is 5.26 Å². The zero-order valence-corrected chi connectivity index (χ0v) is 20.5. The number of likely N-dealkylation sites (N-methyl/N-ethyl adjacent to an activating group) is 1. The molecule has 1 saturated heterocycles. The van der Waals surface area contributed by atoms with E-state index < -0.39 is 23.4 Å². The van der Waals surface area contributed by atoms with Crippen molar-refractivity contribution in [2.75, 3.05) is 41.4 Å². The molecule has 0 bridgehead atoms. The number of rotatable bonds is 4. The van der Waals surface area contributed by atoms with E-state index in [9.17, 15) is 10.1 Å². The summed E-state index contributed by atoms with van der Waals surface area (Å²) in [4.78, 5) is 22.4. The van der Waals surface area contributed by atoms with Gasteiger partial charge in [0.2, 0.25) is 0 Å². The molecule has 1 fully saturated rings. The van der Waals surface area contributed by atoms with Gasteiger partial charge in [0.05, 0.1) is 22.3 Å². The summed E-state index contributed by atoms with van der Waals surface area (Å²) in [7, 11) is 1.86. The molecule has 0 aliphatic carbocycles. The highest BCUT2D eigenvalue weighted by atomic mass is 35.5. The van der Waals surface area contributed by atoms with Crippen molar-refractivity contribution in [2.45, 2.75) is 19.4 Å². The van der Waals surface area contributed by atoms with E-state index in [4.69, 9.17) is 11.6 Å². The van der Waals surface area contributed by atoms with Gasteiger partial charge in [-0.05, 0) is 50.7 Å². The van der Waals surface area contributed by atoms with Crippen molar-refractivity contribution in [1.82, 2.24) is 10.3 Å². The molecular weight excluding hydrogens is 486 g/mol. The first-order valence-corrected chi connectivity index (χ1v) is 12.0. The molecule has 184 valence electrons. The van der Waals surface area contributed by atoms with Crippen LogP contribution in [0.5, 0.6) is 0 Å². The summed E-state index contributed by atoms with van der Waals surface area (Å²) in [5, 5.41) is 13.0. The Balaban J connectivity index is 1.71. The van der Waals surface area contributed by atoms with Crippen LogP contribution in [0.25, 0.3) is 11.1 Å². The SMILES string of the molecule is CCN1C(=O)N(c2c(F)cc(N3CC[C@H](NC)C3)cc2F)c2cc(C#N)ccc2-c2cc(Cl)cnc21. The standard InChI is InChI=1S/C26H23ClF2N6O/c1-3-34-25-20(9-16(27)13-32-25)19-5-4-15(12-30)8-23(19)35(26(34)36)24-21(28)10-18(11-22(24)29)33-7-6-17(14-33)31-2/h4-5,8-11,13,17,31H,3,6-7,14H2,1-2H3/t17-/m0/s1. The summed E-state index contributed by atoms with van der Waals surface area (Å²) < 4.78 is 31.5. The van der Waals surface area contributed by atoms with E-state index in [2.05, 4.69) is 10.3 Å². The fourth-order valence-electron chi connectivity index (χ4n) is 4.85. The van der Waals surface area contributed by atoms with Gasteiger partial charge < -0.3 is 10.2 Å². The fraction of sp³-hybridized carbons (Fsp3) is 0.269. The maximum Gasteiger partial charge on any atom is 0.334 e. The topological polar surface area (TPSA) is 75.5 Å². The van der Waals surface area contributed by atoms with Crippen molar-refractivity contribution in [3.05, 3.63) is 64.8 Å². The molecule has 0 radical (unpaired) electrons. The molecule has 1 N–H and O–H groups in total. The first-order valence-electron chi connectivity index (χ1n) is 11.6. The van der Waals surface area contributed by atoms with Crippen molar-refractivity contribution in [3.8, 4) is 17.2 Å². The Labute approximate surface area is 212 Å². The van der Waals surface area contributed by atoms with Crippen LogP contribution >= 0.6 is 11.6 Å². The van der Waals surface area contributed by atoms with Gasteiger partial charge in [-0.2, -0.15) is 5.26 Å². The second-order valence-electron chi connectivity index (χ2n) is 8.71. The predicted molar refractivity (Wildman–Crippen MR) is 136 cm³/mol. The third kappa shape index (κ3) is 3.92. The van der Waals surface area contributed by atoms with Crippen molar-refractivity contribution < 1.29 is 13.6 Å². The number of anilines is 4. The second-order valence-corrected chi connectivity index (χ2v) is 9.15. The summed E-state index contributed by atoms with van der Waals surface area (Å²) >= 11 is 6.23. The maximum absolute atomic E-state index is 15.7. The number of hydrogen-bond acceptors (Lipinski definition) is 5. The molecule has 5 rings (SSSR count). The highest BCUT2D eigenvalue weighted by molar-refractivity contribution is 6.31. The molecule has 1 aromatic heterocycles. The van der Waals surface area contributed by atoms with Gasteiger partial charge in [0.15, 0.2) is 11.6 Å². The summed E-state index contributed by atoms with van der Waals surface area (Å²) in [5.41, 5.74) is 1.29. The summed E-state index contributed by atoms with van der Waals surface area (Å²) in [6, 6.07) is 10.4. The molecule has 1 atom stereocenters. The molecule has 0 saturated carbocycles. The molecule has 7 nitrogen and oxygen atoms in total. The molecular formula is C26H23ClF2N6O. The van der Waals surface area contributed by atoms with E-state index in [1.807, 2.05) is 18.0 Å². The Morgan fingerprint density at radius 2 is 1.94 bits per heavy atom. The van der Waals surface area contributed by atoms with Crippen LogP contribution in [0.3, 0.4) is 0 Å². The Bertz CT molecular complexity index is 1380. The zero-order valence-electron chi connectivity index (χ0n) is 19.7. The van der Waals surface area contributed by atoms with E-state index >= 15 is 8.78 Å². The van der Waals surface area contributed by atoms with Crippen molar-refractivity contribution in [2.24, 2.45) is 0 Å². The molecule has 2 aliphatic rings. The van der Waals surface area contributed by atoms with E-state index in [-0.39, 0.29) is 23.8 Å². The molecule has 36 heavy (non-hydrogen) atoms. The van der Waals surface area contributed by atoms with Crippen LogP contribution in [0.4, 0.5) is 36.5 Å². The van der Waals surface area contributed by atoms with Crippen LogP contribution in [0.1, 0.15) is 18.9 Å². The molecule has 3 aromatic rings. The summed E-state index contributed by atoms with van der Waals surface area (Å²) in [5.74, 6) is -1.45. The molecule has 2 aromatic carbocycles. The molecule has 0 spiro atoms. The minimum Gasteiger partial charge on any atom is -0.370 e. The van der Waals surface area contributed by atoms with Gasteiger partial charge in [-0.3, -0.25) is 9.80 Å². The lowest BCUT2D eigenvalue weighted by atomic mass is 10.0. The van der Waals surface area contributed by atoms with Crippen molar-refractivity contribution >= 4 is 40.5 Å². The van der Waals surface area contributed by atoms with Gasteiger partial charge in [0, 0.05) is 48.7 Å². The minimum atomic E-state index is -0.882. The van der Waals surface area contributed by atoms with E-state index in [0.717, 1.165) is 11.3 Å². The van der Waals surface area contributed by atoms with Gasteiger partial charge in [0.25, 0.3) is 0 Å². The maximum atomic E-state index is 15.7. The average molecular weight is 509 g/mol. The third-order valence-corrected chi connectivity index (χ3v) is 6.88. The van der Waals surface area contributed by atoms with Gasteiger partial charge in [-0.15, -0.1) is 0 Å². The summed E-state index contributed by atoms with van der Waals surface area (Å²) in [6.07, 6.45) is 2.27. The number of nitrogens with zero attached hydrogens (tertiary/aromatic N) is 5. The Morgan fingerprint density at radius 1 is 1.19 bits per heavy atom. The number of aromatic nitrogens is 1. The number of amides is 2. The van der Waals surface area contributed by atoms with E-state index in [0.29, 0.717) is 40.7 Å². The number of halogens is 3. The van der Waals surface area contributed by atoms with Gasteiger partial charge in [0.1, 0.15) is 11.5 Å². The molecule has 0 unspecified atom stereocenters. The van der Waals surface area contributed by atoms with E-state index in [1.165, 1.54) is 29.3 Å². The molecule has 2 aliphatic heterocycles. The first-order chi connectivity index (χ1) is 17.4. The van der Waals surface area contributed by atoms with Crippen LogP contribution in [-0.2, 0) is 0 Å². The monoisotopic (exact) mass is 508 g/mol. The molecule has 2 amide bonds. The van der Waals surface area contributed by atoms with Crippen LogP contribution < -0.4 is 20.0 Å². The highest BCUT2D eigenvalue weighted by Crippen LogP contribution is 2.46. The number of carbonyl (C=O) groups excluding carboxylic acids is 1. The first kappa shape index (κ1) is 24.0. The smallest absolute Gasteiger partial charge is 0.334 e. The average Bonchev–Trinajstić information content (AvgIpc) is 3.33. The zero-order chi connectivity index (χ0) is 25.6. The van der Waals surface area contributed by atoms with Crippen LogP contribution in [0, 0.1) is 23.0 Å². The highest BCUT2D eigenvalue weighted by Gasteiger charge is 2.36. The second kappa shape index (κ2) is 9.37. The predicted octanol–water partition coefficient (Wildman–Crippen LogP) is 5.45. The largest absolute Gasteiger partial charge is 0.370 e. The molecule has 3 heterocycles. The van der Waals surface area contributed by atoms with Crippen molar-refractivity contribution in [3.63, 3.8) is 0 Å². The van der Waals surface area contributed by atoms with Crippen LogP contribution in [0.15, 0.2) is 42.6 Å². The third-order valence-electron chi connectivity index (χ3n) is 6.67. The normalized spacial score (nSPS) is 17.1. The Kier molecular flexibility index (Phi) is 6.24. The number of pyridine rings is 1. The fourth-order valence-corrected chi connectivity index (χ4v) is 5.01. The van der Waals surface area contributed by atoms with E-state index in [1.54, 1.807) is 25.1 Å². The number of nitriles is 1. The lowest BCUT2D eigenvalue weighted by Gasteiger charge is -2.29. The van der Waals surface area contributed by atoms with Crippen LogP contribution in [0.2, 0.25) is 5.02 Å². The number of urea groups is 1. The number of fused-ring (bicyclic) bond motifs is 3. The van der Waals surface area contributed by atoms with Gasteiger partial charge >= 0.3 is 6.03 Å². The number of hydrogen-bond donors (Lipinski definition) is 1. The minimum absolute atomic E-state index is 0.169.